The van der Waals surface area contributed by atoms with Crippen LogP contribution in [0.2, 0.25) is 0 Å². The smallest absolute Gasteiger partial charge is 0.311 e. The zero-order valence-electron chi connectivity index (χ0n) is 16.5. The third kappa shape index (κ3) is 6.57. The number of aliphatic carboxylic acids is 1. The minimum atomic E-state index is -0.986. The fraction of sp³-hybridized carbons (Fsp3) is 0.550. The number of hydrogen-bond donors (Lipinski definition) is 3. The van der Waals surface area contributed by atoms with Crippen molar-refractivity contribution in [3.05, 3.63) is 35.4 Å². The van der Waals surface area contributed by atoms with E-state index in [1.54, 1.807) is 43.8 Å². The highest BCUT2D eigenvalue weighted by Gasteiger charge is 2.36. The van der Waals surface area contributed by atoms with Crippen LogP contribution in [0, 0.1) is 12.3 Å². The normalized spacial score (nSPS) is 12.3. The van der Waals surface area contributed by atoms with Gasteiger partial charge in [0.05, 0.1) is 5.41 Å². The van der Waals surface area contributed by atoms with Crippen LogP contribution < -0.4 is 10.6 Å². The number of thioether (sulfide) groups is 1. The van der Waals surface area contributed by atoms with Gasteiger partial charge in [-0.1, -0.05) is 31.5 Å². The quantitative estimate of drug-likeness (QED) is 0.536. The summed E-state index contributed by atoms with van der Waals surface area (Å²) < 4.78 is 0. The summed E-state index contributed by atoms with van der Waals surface area (Å²) in [6.07, 6.45) is 3.25. The van der Waals surface area contributed by atoms with E-state index in [0.29, 0.717) is 30.6 Å². The van der Waals surface area contributed by atoms with E-state index in [0.717, 1.165) is 5.56 Å². The highest BCUT2D eigenvalue weighted by atomic mass is 32.2. The first-order valence-corrected chi connectivity index (χ1v) is 10.6. The second-order valence-corrected chi connectivity index (χ2v) is 7.67. The lowest BCUT2D eigenvalue weighted by Crippen LogP contribution is -2.50. The number of nitrogens with one attached hydrogen (secondary N) is 2. The monoisotopic (exact) mass is 394 g/mol. The van der Waals surface area contributed by atoms with Gasteiger partial charge in [0.2, 0.25) is 5.91 Å². The van der Waals surface area contributed by atoms with Crippen LogP contribution in [-0.2, 0) is 9.59 Å². The number of carbonyl (C=O) groups excluding carboxylic acids is 2. The standard InChI is InChI=1S/C20H30N2O4S/c1-5-20(6-2,19(25)26)13-21-18(24)16(10-11-27-4)22-17(23)15-9-7-8-14(3)12-15/h7-9,12,16H,5-6,10-11,13H2,1-4H3,(H,21,24)(H,22,23)(H,25,26). The van der Waals surface area contributed by atoms with Gasteiger partial charge in [0.25, 0.3) is 5.91 Å². The lowest BCUT2D eigenvalue weighted by molar-refractivity contribution is -0.149. The second-order valence-electron chi connectivity index (χ2n) is 6.69. The molecule has 1 aromatic carbocycles. The summed E-state index contributed by atoms with van der Waals surface area (Å²) in [5, 5.41) is 15.0. The van der Waals surface area contributed by atoms with Gasteiger partial charge in [-0.15, -0.1) is 0 Å². The van der Waals surface area contributed by atoms with Crippen molar-refractivity contribution in [1.82, 2.24) is 10.6 Å². The van der Waals surface area contributed by atoms with Crippen LogP contribution in [0.4, 0.5) is 0 Å². The molecule has 1 atom stereocenters. The number of benzene rings is 1. The molecule has 1 rings (SSSR count). The summed E-state index contributed by atoms with van der Waals surface area (Å²) in [5.74, 6) is -0.872. The van der Waals surface area contributed by atoms with E-state index in [2.05, 4.69) is 10.6 Å². The third-order valence-electron chi connectivity index (χ3n) is 4.92. The molecule has 1 aromatic rings. The van der Waals surface area contributed by atoms with Crippen LogP contribution in [0.25, 0.3) is 0 Å². The largest absolute Gasteiger partial charge is 0.481 e. The summed E-state index contributed by atoms with van der Waals surface area (Å²) in [7, 11) is 0. The van der Waals surface area contributed by atoms with Crippen molar-refractivity contribution >= 4 is 29.5 Å². The Morgan fingerprint density at radius 2 is 1.89 bits per heavy atom. The Balaban J connectivity index is 2.84. The molecule has 6 nitrogen and oxygen atoms in total. The number of hydrogen-bond acceptors (Lipinski definition) is 4. The molecule has 2 amide bonds. The van der Waals surface area contributed by atoms with Gasteiger partial charge in [-0.05, 0) is 50.3 Å². The molecule has 1 unspecified atom stereocenters. The molecule has 0 spiro atoms. The van der Waals surface area contributed by atoms with Gasteiger partial charge < -0.3 is 15.7 Å². The van der Waals surface area contributed by atoms with E-state index in [-0.39, 0.29) is 18.4 Å². The molecule has 0 bridgehead atoms. The maximum Gasteiger partial charge on any atom is 0.311 e. The Morgan fingerprint density at radius 1 is 1.22 bits per heavy atom. The molecule has 150 valence electrons. The van der Waals surface area contributed by atoms with Crippen LogP contribution in [-0.4, -0.2) is 47.5 Å². The number of carboxylic acids is 1. The summed E-state index contributed by atoms with van der Waals surface area (Å²) in [6, 6.07) is 6.46. The fourth-order valence-corrected chi connectivity index (χ4v) is 3.26. The van der Waals surface area contributed by atoms with Gasteiger partial charge in [0.1, 0.15) is 6.04 Å². The number of amides is 2. The average Bonchev–Trinajstić information content (AvgIpc) is 2.65. The van der Waals surface area contributed by atoms with Crippen LogP contribution >= 0.6 is 11.8 Å². The molecule has 7 heteroatoms. The predicted molar refractivity (Wildman–Crippen MR) is 109 cm³/mol. The minimum absolute atomic E-state index is 0.0459. The first-order chi connectivity index (χ1) is 12.8. The fourth-order valence-electron chi connectivity index (χ4n) is 2.79. The number of carboxylic acid groups (broad SMARTS) is 1. The number of carbonyl (C=O) groups is 3. The summed E-state index contributed by atoms with van der Waals surface area (Å²) in [4.78, 5) is 36.8. The molecule has 0 aromatic heterocycles. The van der Waals surface area contributed by atoms with Crippen LogP contribution in [0.5, 0.6) is 0 Å². The molecule has 0 aliphatic carbocycles. The van der Waals surface area contributed by atoms with Crippen molar-refractivity contribution in [3.63, 3.8) is 0 Å². The molecule has 0 aliphatic rings. The summed E-state index contributed by atoms with van der Waals surface area (Å²) in [6.45, 7) is 5.54. The van der Waals surface area contributed by atoms with Gasteiger partial charge in [-0.3, -0.25) is 14.4 Å². The molecular weight excluding hydrogens is 364 g/mol. The van der Waals surface area contributed by atoms with Gasteiger partial charge in [-0.2, -0.15) is 11.8 Å². The van der Waals surface area contributed by atoms with Crippen LogP contribution in [0.15, 0.2) is 24.3 Å². The van der Waals surface area contributed by atoms with E-state index in [4.69, 9.17) is 0 Å². The van der Waals surface area contributed by atoms with E-state index in [1.165, 1.54) is 0 Å². The Hall–Kier alpha value is -2.02. The van der Waals surface area contributed by atoms with Crippen molar-refractivity contribution in [3.8, 4) is 0 Å². The molecule has 0 fully saturated rings. The van der Waals surface area contributed by atoms with Crippen molar-refractivity contribution in [1.29, 1.82) is 0 Å². The van der Waals surface area contributed by atoms with E-state index < -0.39 is 17.4 Å². The van der Waals surface area contributed by atoms with Crippen LogP contribution in [0.1, 0.15) is 49.0 Å². The minimum Gasteiger partial charge on any atom is -0.481 e. The molecule has 27 heavy (non-hydrogen) atoms. The highest BCUT2D eigenvalue weighted by Crippen LogP contribution is 2.25. The summed E-state index contributed by atoms with van der Waals surface area (Å²) in [5.41, 5.74) is 0.476. The zero-order chi connectivity index (χ0) is 20.4. The van der Waals surface area contributed by atoms with Gasteiger partial charge in [-0.25, -0.2) is 0 Å². The molecule has 0 saturated heterocycles. The lowest BCUT2D eigenvalue weighted by atomic mass is 9.82. The Labute approximate surface area is 165 Å². The third-order valence-corrected chi connectivity index (χ3v) is 5.56. The molecule has 0 aliphatic heterocycles. The van der Waals surface area contributed by atoms with Crippen LogP contribution in [0.3, 0.4) is 0 Å². The first-order valence-electron chi connectivity index (χ1n) is 9.17. The molecule has 3 N–H and O–H groups in total. The molecular formula is C20H30N2O4S. The maximum absolute atomic E-state index is 12.7. The van der Waals surface area contributed by atoms with Gasteiger partial charge >= 0.3 is 5.97 Å². The van der Waals surface area contributed by atoms with Gasteiger partial charge in [0, 0.05) is 12.1 Å². The highest BCUT2D eigenvalue weighted by molar-refractivity contribution is 7.98. The zero-order valence-corrected chi connectivity index (χ0v) is 17.3. The van der Waals surface area contributed by atoms with E-state index >= 15 is 0 Å². The van der Waals surface area contributed by atoms with Crippen molar-refractivity contribution in [2.24, 2.45) is 5.41 Å². The van der Waals surface area contributed by atoms with Crippen molar-refractivity contribution in [2.75, 3.05) is 18.6 Å². The number of rotatable bonds is 11. The molecule has 0 heterocycles. The predicted octanol–water partition coefficient (Wildman–Crippen LogP) is 2.85. The second kappa shape index (κ2) is 11.0. The summed E-state index contributed by atoms with van der Waals surface area (Å²) >= 11 is 1.58. The Kier molecular flexibility index (Phi) is 9.35. The SMILES string of the molecule is CCC(CC)(CNC(=O)C(CCSC)NC(=O)c1cccc(C)c1)C(=O)O. The molecule has 0 radical (unpaired) electrons. The lowest BCUT2D eigenvalue weighted by Gasteiger charge is -2.28. The maximum atomic E-state index is 12.7. The Bertz CT molecular complexity index is 659. The van der Waals surface area contributed by atoms with E-state index in [1.807, 2.05) is 19.2 Å². The average molecular weight is 395 g/mol. The van der Waals surface area contributed by atoms with Crippen molar-refractivity contribution < 1.29 is 19.5 Å². The number of aryl methyl sites for hydroxylation is 1. The van der Waals surface area contributed by atoms with Crippen molar-refractivity contribution in [2.45, 2.75) is 46.1 Å². The molecule has 0 saturated carbocycles. The Morgan fingerprint density at radius 3 is 2.41 bits per heavy atom. The van der Waals surface area contributed by atoms with E-state index in [9.17, 15) is 19.5 Å². The van der Waals surface area contributed by atoms with Gasteiger partial charge in [0.15, 0.2) is 0 Å². The topological polar surface area (TPSA) is 95.5 Å². The first kappa shape index (κ1) is 23.0.